The molecule has 3 rings (SSSR count). The lowest BCUT2D eigenvalue weighted by Crippen LogP contribution is -2.47. The van der Waals surface area contributed by atoms with Crippen LogP contribution in [-0.2, 0) is 16.6 Å². The van der Waals surface area contributed by atoms with Crippen molar-refractivity contribution in [3.8, 4) is 0 Å². The van der Waals surface area contributed by atoms with Crippen LogP contribution in [-0.4, -0.2) is 52.7 Å². The molecule has 1 aliphatic rings. The minimum atomic E-state index is -3.37. The molecule has 130 valence electrons. The Kier molecular flexibility index (Phi) is 5.27. The van der Waals surface area contributed by atoms with Gasteiger partial charge in [-0.15, -0.1) is 0 Å². The van der Waals surface area contributed by atoms with Crippen molar-refractivity contribution in [1.29, 1.82) is 0 Å². The van der Waals surface area contributed by atoms with Crippen LogP contribution >= 0.6 is 0 Å². The van der Waals surface area contributed by atoms with Gasteiger partial charge in [0, 0.05) is 25.2 Å². The van der Waals surface area contributed by atoms with Crippen LogP contribution in [0.1, 0.15) is 19.8 Å². The van der Waals surface area contributed by atoms with E-state index >= 15 is 0 Å². The Labute approximate surface area is 142 Å². The molecule has 1 aromatic carbocycles. The molecule has 1 saturated heterocycles. The van der Waals surface area contributed by atoms with E-state index in [4.69, 9.17) is 0 Å². The maximum atomic E-state index is 12.6. The van der Waals surface area contributed by atoms with E-state index in [9.17, 15) is 8.42 Å². The second-order valence-electron chi connectivity index (χ2n) is 6.18. The van der Waals surface area contributed by atoms with Crippen molar-refractivity contribution in [2.45, 2.75) is 43.3 Å². The van der Waals surface area contributed by atoms with Crippen molar-refractivity contribution in [2.24, 2.45) is 0 Å². The highest BCUT2D eigenvalue weighted by atomic mass is 32.2. The lowest BCUT2D eigenvalue weighted by Gasteiger charge is -2.33. The SMILES string of the molecule is C[C@H](Cn1cncn1)NC1CCN(S(=O)(=O)c2ccccc2)CC1. The van der Waals surface area contributed by atoms with Crippen LogP contribution in [0.4, 0.5) is 0 Å². The van der Waals surface area contributed by atoms with Crippen molar-refractivity contribution in [3.63, 3.8) is 0 Å². The third kappa shape index (κ3) is 4.00. The summed E-state index contributed by atoms with van der Waals surface area (Å²) in [5.74, 6) is 0. The van der Waals surface area contributed by atoms with Crippen LogP contribution in [0.3, 0.4) is 0 Å². The molecule has 0 bridgehead atoms. The van der Waals surface area contributed by atoms with Gasteiger partial charge in [-0.3, -0.25) is 4.68 Å². The standard InChI is InChI=1S/C16H23N5O2S/c1-14(11-20-13-17-12-18-20)19-15-7-9-21(10-8-15)24(22,23)16-5-3-2-4-6-16/h2-6,12-15,19H,7-11H2,1H3/t14-/m1/s1. The first-order valence-electron chi connectivity index (χ1n) is 8.19. The van der Waals surface area contributed by atoms with Crippen LogP contribution < -0.4 is 5.32 Å². The molecule has 1 aliphatic heterocycles. The van der Waals surface area contributed by atoms with Crippen molar-refractivity contribution in [2.75, 3.05) is 13.1 Å². The highest BCUT2D eigenvalue weighted by Gasteiger charge is 2.29. The van der Waals surface area contributed by atoms with Crippen molar-refractivity contribution < 1.29 is 8.42 Å². The first-order valence-corrected chi connectivity index (χ1v) is 9.63. The van der Waals surface area contributed by atoms with Gasteiger partial charge in [0.05, 0.1) is 11.4 Å². The topological polar surface area (TPSA) is 80.1 Å². The van der Waals surface area contributed by atoms with Gasteiger partial charge in [-0.05, 0) is 31.9 Å². The van der Waals surface area contributed by atoms with Crippen molar-refractivity contribution in [3.05, 3.63) is 43.0 Å². The van der Waals surface area contributed by atoms with Gasteiger partial charge in [0.25, 0.3) is 0 Å². The van der Waals surface area contributed by atoms with Gasteiger partial charge in [-0.1, -0.05) is 18.2 Å². The Morgan fingerprint density at radius 2 is 1.96 bits per heavy atom. The third-order valence-electron chi connectivity index (χ3n) is 4.28. The molecule has 1 atom stereocenters. The molecule has 0 saturated carbocycles. The molecule has 0 radical (unpaired) electrons. The minimum Gasteiger partial charge on any atom is -0.310 e. The molecule has 0 aliphatic carbocycles. The molecule has 0 amide bonds. The van der Waals surface area contributed by atoms with E-state index < -0.39 is 10.0 Å². The number of aromatic nitrogens is 3. The maximum Gasteiger partial charge on any atom is 0.243 e. The summed E-state index contributed by atoms with van der Waals surface area (Å²) in [5, 5.41) is 7.66. The highest BCUT2D eigenvalue weighted by molar-refractivity contribution is 7.89. The predicted octanol–water partition coefficient (Wildman–Crippen LogP) is 1.11. The number of nitrogens with one attached hydrogen (secondary N) is 1. The molecule has 1 N–H and O–H groups in total. The lowest BCUT2D eigenvalue weighted by molar-refractivity contribution is 0.268. The average Bonchev–Trinajstić information content (AvgIpc) is 3.09. The second-order valence-corrected chi connectivity index (χ2v) is 8.11. The van der Waals surface area contributed by atoms with E-state index in [-0.39, 0.29) is 6.04 Å². The zero-order chi connectivity index (χ0) is 17.0. The molecule has 0 spiro atoms. The summed E-state index contributed by atoms with van der Waals surface area (Å²) in [7, 11) is -3.37. The van der Waals surface area contributed by atoms with E-state index in [0.717, 1.165) is 19.4 Å². The van der Waals surface area contributed by atoms with Crippen molar-refractivity contribution in [1.82, 2.24) is 24.4 Å². The first-order chi connectivity index (χ1) is 11.6. The van der Waals surface area contributed by atoms with Gasteiger partial charge < -0.3 is 5.32 Å². The summed E-state index contributed by atoms with van der Waals surface area (Å²) in [5.41, 5.74) is 0. The zero-order valence-corrected chi connectivity index (χ0v) is 14.6. The van der Waals surface area contributed by atoms with Crippen LogP contribution in [0.25, 0.3) is 0 Å². The van der Waals surface area contributed by atoms with Gasteiger partial charge in [0.15, 0.2) is 0 Å². The Morgan fingerprint density at radius 3 is 2.58 bits per heavy atom. The number of benzene rings is 1. The highest BCUT2D eigenvalue weighted by Crippen LogP contribution is 2.20. The molecule has 8 heteroatoms. The minimum absolute atomic E-state index is 0.258. The van der Waals surface area contributed by atoms with Gasteiger partial charge in [-0.2, -0.15) is 9.40 Å². The molecule has 24 heavy (non-hydrogen) atoms. The van der Waals surface area contributed by atoms with E-state index in [1.165, 1.54) is 6.33 Å². The van der Waals surface area contributed by atoms with Crippen LogP contribution in [0, 0.1) is 0 Å². The second kappa shape index (κ2) is 7.42. The normalized spacial score (nSPS) is 18.5. The number of piperidine rings is 1. The largest absolute Gasteiger partial charge is 0.310 e. The quantitative estimate of drug-likeness (QED) is 0.845. The average molecular weight is 349 g/mol. The first kappa shape index (κ1) is 17.1. The molecule has 2 heterocycles. The van der Waals surface area contributed by atoms with Crippen molar-refractivity contribution >= 4 is 10.0 Å². The Hall–Kier alpha value is -1.77. The van der Waals surface area contributed by atoms with Gasteiger partial charge >= 0.3 is 0 Å². The summed E-state index contributed by atoms with van der Waals surface area (Å²) in [6, 6.07) is 9.23. The molecular weight excluding hydrogens is 326 g/mol. The summed E-state index contributed by atoms with van der Waals surface area (Å²) in [4.78, 5) is 4.31. The number of hydrogen-bond donors (Lipinski definition) is 1. The van der Waals surface area contributed by atoms with E-state index in [1.807, 2.05) is 6.07 Å². The number of rotatable bonds is 6. The van der Waals surface area contributed by atoms with Gasteiger partial charge in [-0.25, -0.2) is 13.4 Å². The smallest absolute Gasteiger partial charge is 0.243 e. The Morgan fingerprint density at radius 1 is 1.25 bits per heavy atom. The molecule has 1 aromatic heterocycles. The van der Waals surface area contributed by atoms with Gasteiger partial charge in [0.2, 0.25) is 10.0 Å². The van der Waals surface area contributed by atoms with Crippen LogP contribution in [0.15, 0.2) is 47.9 Å². The van der Waals surface area contributed by atoms with Crippen LogP contribution in [0.5, 0.6) is 0 Å². The maximum absolute atomic E-state index is 12.6. The monoisotopic (exact) mass is 349 g/mol. The fraction of sp³-hybridized carbons (Fsp3) is 0.500. The van der Waals surface area contributed by atoms with Crippen LogP contribution in [0.2, 0.25) is 0 Å². The molecular formula is C16H23N5O2S. The summed E-state index contributed by atoms with van der Waals surface area (Å²) in [6.45, 7) is 3.95. The Balaban J connectivity index is 1.52. The fourth-order valence-electron chi connectivity index (χ4n) is 3.07. The fourth-order valence-corrected chi connectivity index (χ4v) is 4.56. The lowest BCUT2D eigenvalue weighted by atomic mass is 10.1. The van der Waals surface area contributed by atoms with Gasteiger partial charge in [0.1, 0.15) is 12.7 Å². The molecule has 1 fully saturated rings. The van der Waals surface area contributed by atoms with E-state index in [0.29, 0.717) is 24.0 Å². The summed E-state index contributed by atoms with van der Waals surface area (Å²) < 4.78 is 28.6. The summed E-state index contributed by atoms with van der Waals surface area (Å²) >= 11 is 0. The third-order valence-corrected chi connectivity index (χ3v) is 6.20. The molecule has 2 aromatic rings. The Bertz CT molecular complexity index is 725. The van der Waals surface area contributed by atoms with E-state index in [2.05, 4.69) is 22.3 Å². The van der Waals surface area contributed by atoms with E-state index in [1.54, 1.807) is 39.6 Å². The zero-order valence-electron chi connectivity index (χ0n) is 13.7. The summed E-state index contributed by atoms with van der Waals surface area (Å²) in [6.07, 6.45) is 4.86. The molecule has 0 unspecified atom stereocenters. The number of sulfonamides is 1. The predicted molar refractivity (Wildman–Crippen MR) is 90.8 cm³/mol. The number of nitrogens with zero attached hydrogens (tertiary/aromatic N) is 4. The molecule has 7 nitrogen and oxygen atoms in total. The number of hydrogen-bond acceptors (Lipinski definition) is 5.